The summed E-state index contributed by atoms with van der Waals surface area (Å²) in [5.41, 5.74) is 3.26. The first-order chi connectivity index (χ1) is 9.70. The number of amides is 1. The molecular formula is C14H15FN2O3. The lowest BCUT2D eigenvalue weighted by molar-refractivity contribution is 0.0126. The Morgan fingerprint density at radius 1 is 1.45 bits per heavy atom. The van der Waals surface area contributed by atoms with Crippen LogP contribution in [-0.2, 0) is 4.74 Å². The van der Waals surface area contributed by atoms with E-state index in [9.17, 15) is 9.18 Å². The monoisotopic (exact) mass is 278 g/mol. The number of hydrazine groups is 1. The van der Waals surface area contributed by atoms with Gasteiger partial charge < -0.3 is 9.84 Å². The largest absolute Gasteiger partial charge is 0.384 e. The summed E-state index contributed by atoms with van der Waals surface area (Å²) >= 11 is 0. The van der Waals surface area contributed by atoms with Gasteiger partial charge in [0.2, 0.25) is 0 Å². The minimum absolute atomic E-state index is 0.254. The van der Waals surface area contributed by atoms with Gasteiger partial charge in [-0.1, -0.05) is 11.8 Å². The highest BCUT2D eigenvalue weighted by Crippen LogP contribution is 2.11. The topological polar surface area (TPSA) is 61.8 Å². The molecule has 2 rings (SSSR count). The molecule has 20 heavy (non-hydrogen) atoms. The number of ether oxygens (including phenoxy) is 1. The van der Waals surface area contributed by atoms with E-state index in [0.29, 0.717) is 26.3 Å². The SMILES string of the molecule is O=C(NN1CCOCC1)c1ccc(F)cc1C#CCO. The van der Waals surface area contributed by atoms with Gasteiger partial charge in [-0.05, 0) is 18.2 Å². The van der Waals surface area contributed by atoms with Crippen molar-refractivity contribution in [2.45, 2.75) is 0 Å². The van der Waals surface area contributed by atoms with Gasteiger partial charge in [-0.25, -0.2) is 9.40 Å². The average molecular weight is 278 g/mol. The van der Waals surface area contributed by atoms with Crippen molar-refractivity contribution in [1.29, 1.82) is 0 Å². The molecule has 2 N–H and O–H groups in total. The Bertz CT molecular complexity index is 545. The fraction of sp³-hybridized carbons (Fsp3) is 0.357. The third-order valence-corrected chi connectivity index (χ3v) is 2.80. The number of halogens is 1. The van der Waals surface area contributed by atoms with E-state index in [1.807, 2.05) is 0 Å². The molecule has 1 saturated heterocycles. The van der Waals surface area contributed by atoms with Crippen molar-refractivity contribution in [3.8, 4) is 11.8 Å². The fourth-order valence-corrected chi connectivity index (χ4v) is 1.83. The van der Waals surface area contributed by atoms with Crippen LogP contribution in [0.1, 0.15) is 15.9 Å². The molecule has 0 saturated carbocycles. The van der Waals surface area contributed by atoms with Crippen molar-refractivity contribution in [1.82, 2.24) is 10.4 Å². The highest BCUT2D eigenvalue weighted by Gasteiger charge is 2.16. The Balaban J connectivity index is 2.15. The van der Waals surface area contributed by atoms with E-state index in [2.05, 4.69) is 17.3 Å². The third kappa shape index (κ3) is 3.78. The van der Waals surface area contributed by atoms with Crippen molar-refractivity contribution in [3.63, 3.8) is 0 Å². The lowest BCUT2D eigenvalue weighted by Crippen LogP contribution is -2.48. The van der Waals surface area contributed by atoms with Gasteiger partial charge in [0.1, 0.15) is 12.4 Å². The number of benzene rings is 1. The summed E-state index contributed by atoms with van der Waals surface area (Å²) in [6.45, 7) is 1.97. The van der Waals surface area contributed by atoms with Crippen LogP contribution in [0.2, 0.25) is 0 Å². The maximum atomic E-state index is 13.2. The number of morpholine rings is 1. The first-order valence-electron chi connectivity index (χ1n) is 6.23. The van der Waals surface area contributed by atoms with Gasteiger partial charge in [0.05, 0.1) is 18.8 Å². The highest BCUT2D eigenvalue weighted by atomic mass is 19.1. The van der Waals surface area contributed by atoms with Crippen LogP contribution in [0.4, 0.5) is 4.39 Å². The van der Waals surface area contributed by atoms with Gasteiger partial charge in [-0.15, -0.1) is 0 Å². The van der Waals surface area contributed by atoms with Gasteiger partial charge in [-0.3, -0.25) is 10.2 Å². The Kier molecular flexibility index (Phi) is 5.07. The van der Waals surface area contributed by atoms with Crippen molar-refractivity contribution in [3.05, 3.63) is 35.1 Å². The van der Waals surface area contributed by atoms with E-state index in [1.54, 1.807) is 5.01 Å². The van der Waals surface area contributed by atoms with E-state index in [4.69, 9.17) is 9.84 Å². The molecule has 1 aromatic rings. The van der Waals surface area contributed by atoms with Gasteiger partial charge in [0.25, 0.3) is 5.91 Å². The number of aliphatic hydroxyl groups excluding tert-OH is 1. The van der Waals surface area contributed by atoms with Crippen molar-refractivity contribution in [2.75, 3.05) is 32.9 Å². The zero-order valence-electron chi connectivity index (χ0n) is 10.9. The van der Waals surface area contributed by atoms with Crippen molar-refractivity contribution < 1.29 is 19.0 Å². The molecule has 0 radical (unpaired) electrons. The number of carbonyl (C=O) groups excluding carboxylic acids is 1. The molecule has 5 nitrogen and oxygen atoms in total. The number of nitrogens with zero attached hydrogens (tertiary/aromatic N) is 1. The summed E-state index contributed by atoms with van der Waals surface area (Å²) in [5, 5.41) is 10.4. The molecular weight excluding hydrogens is 263 g/mol. The van der Waals surface area contributed by atoms with Crippen LogP contribution in [0.3, 0.4) is 0 Å². The first-order valence-corrected chi connectivity index (χ1v) is 6.23. The standard InChI is InChI=1S/C14H15FN2O3/c15-12-3-4-13(11(10-12)2-1-7-18)14(19)16-17-5-8-20-9-6-17/h3-4,10,18H,5-9H2,(H,16,19). The molecule has 1 fully saturated rings. The Morgan fingerprint density at radius 2 is 2.20 bits per heavy atom. The molecule has 1 aliphatic rings. The molecule has 0 unspecified atom stereocenters. The number of hydrogen-bond donors (Lipinski definition) is 2. The second-order valence-corrected chi connectivity index (χ2v) is 4.19. The van der Waals surface area contributed by atoms with Crippen LogP contribution >= 0.6 is 0 Å². The molecule has 0 aliphatic carbocycles. The molecule has 1 aromatic carbocycles. The van der Waals surface area contributed by atoms with Gasteiger partial charge in [0.15, 0.2) is 0 Å². The van der Waals surface area contributed by atoms with E-state index >= 15 is 0 Å². The molecule has 0 aromatic heterocycles. The summed E-state index contributed by atoms with van der Waals surface area (Å²) in [7, 11) is 0. The second kappa shape index (κ2) is 7.01. The lowest BCUT2D eigenvalue weighted by Gasteiger charge is -2.27. The number of hydrogen-bond acceptors (Lipinski definition) is 4. The number of rotatable bonds is 2. The molecule has 0 atom stereocenters. The molecule has 1 heterocycles. The average Bonchev–Trinajstić information content (AvgIpc) is 2.46. The van der Waals surface area contributed by atoms with Crippen LogP contribution in [0.5, 0.6) is 0 Å². The van der Waals surface area contributed by atoms with Crippen LogP contribution in [0, 0.1) is 17.7 Å². The summed E-state index contributed by atoms with van der Waals surface area (Å²) in [6.07, 6.45) is 0. The quantitative estimate of drug-likeness (QED) is 0.756. The Labute approximate surface area is 116 Å². The van der Waals surface area contributed by atoms with Gasteiger partial charge >= 0.3 is 0 Å². The smallest absolute Gasteiger partial charge is 0.266 e. The summed E-state index contributed by atoms with van der Waals surface area (Å²) < 4.78 is 18.4. The Morgan fingerprint density at radius 3 is 2.90 bits per heavy atom. The highest BCUT2D eigenvalue weighted by molar-refractivity contribution is 5.96. The minimum Gasteiger partial charge on any atom is -0.384 e. The molecule has 1 aliphatic heterocycles. The molecule has 1 amide bonds. The van der Waals surface area contributed by atoms with Gasteiger partial charge in [-0.2, -0.15) is 0 Å². The summed E-state index contributed by atoms with van der Waals surface area (Å²) in [5.74, 6) is 4.16. The van der Waals surface area contributed by atoms with Crippen LogP contribution in [-0.4, -0.2) is 48.9 Å². The number of carbonyl (C=O) groups is 1. The first kappa shape index (κ1) is 14.5. The zero-order chi connectivity index (χ0) is 14.4. The van der Waals surface area contributed by atoms with E-state index < -0.39 is 5.82 Å². The zero-order valence-corrected chi connectivity index (χ0v) is 10.9. The Hall–Kier alpha value is -1.94. The number of aliphatic hydroxyl groups is 1. The molecule has 106 valence electrons. The van der Waals surface area contributed by atoms with E-state index in [-0.39, 0.29) is 23.6 Å². The van der Waals surface area contributed by atoms with Crippen molar-refractivity contribution >= 4 is 5.91 Å². The summed E-state index contributed by atoms with van der Waals surface area (Å²) in [4.78, 5) is 12.2. The maximum absolute atomic E-state index is 13.2. The molecule has 0 spiro atoms. The fourth-order valence-electron chi connectivity index (χ4n) is 1.83. The van der Waals surface area contributed by atoms with Gasteiger partial charge in [0, 0.05) is 18.7 Å². The predicted octanol–water partition coefficient (Wildman–Crippen LogP) is 0.146. The van der Waals surface area contributed by atoms with Crippen LogP contribution in [0.25, 0.3) is 0 Å². The maximum Gasteiger partial charge on any atom is 0.266 e. The third-order valence-electron chi connectivity index (χ3n) is 2.80. The molecule has 0 bridgehead atoms. The van der Waals surface area contributed by atoms with Crippen LogP contribution < -0.4 is 5.43 Å². The van der Waals surface area contributed by atoms with Crippen LogP contribution in [0.15, 0.2) is 18.2 Å². The predicted molar refractivity (Wildman–Crippen MR) is 70.2 cm³/mol. The second-order valence-electron chi connectivity index (χ2n) is 4.19. The number of nitrogens with one attached hydrogen (secondary N) is 1. The normalized spacial score (nSPS) is 15.3. The molecule has 6 heteroatoms. The van der Waals surface area contributed by atoms with E-state index in [1.165, 1.54) is 18.2 Å². The summed E-state index contributed by atoms with van der Waals surface area (Å²) in [6, 6.07) is 3.77. The van der Waals surface area contributed by atoms with E-state index in [0.717, 1.165) is 0 Å². The lowest BCUT2D eigenvalue weighted by atomic mass is 10.1. The van der Waals surface area contributed by atoms with Crippen molar-refractivity contribution in [2.24, 2.45) is 0 Å². The minimum atomic E-state index is -0.477.